The molecule has 0 radical (unpaired) electrons. The Hall–Kier alpha value is -1.79. The number of hydrogen-bond acceptors (Lipinski definition) is 3. The predicted molar refractivity (Wildman–Crippen MR) is 78.2 cm³/mol. The number of aliphatic hydroxyl groups is 1. The van der Waals surface area contributed by atoms with Crippen LogP contribution in [0.3, 0.4) is 0 Å². The van der Waals surface area contributed by atoms with Crippen molar-refractivity contribution in [3.8, 4) is 24.2 Å². The lowest BCUT2D eigenvalue weighted by Crippen LogP contribution is -2.32. The lowest BCUT2D eigenvalue weighted by Gasteiger charge is -2.17. The molecule has 5 heteroatoms. The molecule has 0 saturated carbocycles. The highest BCUT2D eigenvalue weighted by atomic mass is 32.2. The maximum absolute atomic E-state index is 12.4. The first-order chi connectivity index (χ1) is 9.37. The van der Waals surface area contributed by atoms with E-state index in [1.165, 1.54) is 19.1 Å². The van der Waals surface area contributed by atoms with Crippen molar-refractivity contribution in [1.29, 1.82) is 0 Å². The topological polar surface area (TPSA) is 57.6 Å². The quantitative estimate of drug-likeness (QED) is 0.842. The van der Waals surface area contributed by atoms with Crippen LogP contribution in [0.4, 0.5) is 0 Å². The molecule has 0 aliphatic carbocycles. The van der Waals surface area contributed by atoms with Crippen LogP contribution in [0.5, 0.6) is 0 Å². The summed E-state index contributed by atoms with van der Waals surface area (Å²) in [7, 11) is -3.67. The van der Waals surface area contributed by atoms with E-state index in [4.69, 9.17) is 11.5 Å². The van der Waals surface area contributed by atoms with Gasteiger partial charge in [-0.1, -0.05) is 35.5 Å². The minimum Gasteiger partial charge on any atom is -0.381 e. The molecule has 1 atom stereocenters. The maximum Gasteiger partial charge on any atom is 0.244 e. The molecule has 1 aromatic carbocycles. The van der Waals surface area contributed by atoms with Gasteiger partial charge in [0.1, 0.15) is 6.10 Å². The number of nitrogens with zero attached hydrogens (tertiary/aromatic N) is 1. The van der Waals surface area contributed by atoms with E-state index in [1.54, 1.807) is 12.1 Å². The molecule has 1 aromatic rings. The van der Waals surface area contributed by atoms with Gasteiger partial charge in [0.15, 0.2) is 0 Å². The zero-order valence-corrected chi connectivity index (χ0v) is 12.3. The van der Waals surface area contributed by atoms with Crippen LogP contribution in [-0.4, -0.2) is 37.0 Å². The first-order valence-electron chi connectivity index (χ1n) is 6.04. The summed E-state index contributed by atoms with van der Waals surface area (Å²) < 4.78 is 25.9. The van der Waals surface area contributed by atoms with Gasteiger partial charge in [-0.15, -0.1) is 6.42 Å². The number of hydrogen-bond donors (Lipinski definition) is 1. The molecule has 20 heavy (non-hydrogen) atoms. The van der Waals surface area contributed by atoms with Crippen molar-refractivity contribution in [2.75, 3.05) is 13.1 Å². The zero-order chi connectivity index (χ0) is 15.2. The van der Waals surface area contributed by atoms with Gasteiger partial charge in [0.25, 0.3) is 0 Å². The van der Waals surface area contributed by atoms with Gasteiger partial charge in [-0.25, -0.2) is 8.42 Å². The van der Waals surface area contributed by atoms with E-state index < -0.39 is 16.1 Å². The Bertz CT molecular complexity index is 643. The summed E-state index contributed by atoms with van der Waals surface area (Å²) in [6, 6.07) is 6.53. The van der Waals surface area contributed by atoms with E-state index in [2.05, 4.69) is 17.8 Å². The van der Waals surface area contributed by atoms with Crippen molar-refractivity contribution in [2.45, 2.75) is 24.8 Å². The van der Waals surface area contributed by atoms with Crippen LogP contribution in [0, 0.1) is 31.1 Å². The summed E-state index contributed by atoms with van der Waals surface area (Å²) in [5, 5.41) is 9.06. The molecular formula is C15H17NO3S. The Morgan fingerprint density at radius 1 is 1.30 bits per heavy atom. The van der Waals surface area contributed by atoms with Gasteiger partial charge >= 0.3 is 0 Å². The molecule has 0 aromatic heterocycles. The molecule has 0 bridgehead atoms. The summed E-state index contributed by atoms with van der Waals surface area (Å²) in [4.78, 5) is 0.178. The molecule has 0 amide bonds. The number of aliphatic hydroxyl groups excluding tert-OH is 1. The van der Waals surface area contributed by atoms with Crippen LogP contribution in [0.15, 0.2) is 29.2 Å². The number of benzene rings is 1. The third-order valence-corrected chi connectivity index (χ3v) is 4.30. The van der Waals surface area contributed by atoms with Crippen molar-refractivity contribution >= 4 is 10.0 Å². The molecular weight excluding hydrogens is 274 g/mol. The minimum atomic E-state index is -3.67. The van der Waals surface area contributed by atoms with E-state index in [9.17, 15) is 8.42 Å². The second-order valence-electron chi connectivity index (χ2n) is 4.29. The molecule has 0 spiro atoms. The Morgan fingerprint density at radius 3 is 2.40 bits per heavy atom. The van der Waals surface area contributed by atoms with Crippen molar-refractivity contribution in [3.05, 3.63) is 29.8 Å². The van der Waals surface area contributed by atoms with E-state index >= 15 is 0 Å². The second kappa shape index (κ2) is 7.12. The van der Waals surface area contributed by atoms with Crippen LogP contribution >= 0.6 is 0 Å². The highest BCUT2D eigenvalue weighted by molar-refractivity contribution is 7.89. The first-order valence-corrected chi connectivity index (χ1v) is 7.48. The lowest BCUT2D eigenvalue weighted by atomic mass is 10.2. The summed E-state index contributed by atoms with van der Waals surface area (Å²) in [5.41, 5.74) is 0.973. The Kier molecular flexibility index (Phi) is 5.79. The molecule has 1 unspecified atom stereocenters. The third kappa shape index (κ3) is 4.40. The van der Waals surface area contributed by atoms with Crippen molar-refractivity contribution in [2.24, 2.45) is 0 Å². The normalized spacial score (nSPS) is 12.3. The van der Waals surface area contributed by atoms with Gasteiger partial charge in [-0.3, -0.25) is 0 Å². The van der Waals surface area contributed by atoms with Gasteiger partial charge < -0.3 is 5.11 Å². The fraction of sp³-hybridized carbons (Fsp3) is 0.333. The second-order valence-corrected chi connectivity index (χ2v) is 6.23. The molecule has 0 aliphatic heterocycles. The molecule has 0 fully saturated rings. The van der Waals surface area contributed by atoms with Gasteiger partial charge in [-0.05, 0) is 26.0 Å². The van der Waals surface area contributed by atoms with Crippen LogP contribution in [0.25, 0.3) is 0 Å². The maximum atomic E-state index is 12.4. The molecule has 0 saturated heterocycles. The Morgan fingerprint density at radius 2 is 1.90 bits per heavy atom. The predicted octanol–water partition coefficient (Wildman–Crippen LogP) is 1.00. The SMILES string of the molecule is C#CCN(CC#CC(C)O)S(=O)(=O)c1ccc(C)cc1. The average Bonchev–Trinajstić information content (AvgIpc) is 2.38. The fourth-order valence-corrected chi connectivity index (χ4v) is 2.73. The van der Waals surface area contributed by atoms with Gasteiger partial charge in [0.05, 0.1) is 18.0 Å². The van der Waals surface area contributed by atoms with Crippen LogP contribution in [0.1, 0.15) is 12.5 Å². The molecule has 106 valence electrons. The highest BCUT2D eigenvalue weighted by Gasteiger charge is 2.22. The standard InChI is InChI=1S/C15H17NO3S/c1-4-11-16(12-5-6-14(3)17)20(18,19)15-9-7-13(2)8-10-15/h1,7-10,14,17H,11-12H2,2-3H3. The highest BCUT2D eigenvalue weighted by Crippen LogP contribution is 2.15. The molecule has 1 rings (SSSR count). The fourth-order valence-electron chi connectivity index (χ4n) is 1.47. The van der Waals surface area contributed by atoms with Gasteiger partial charge in [-0.2, -0.15) is 4.31 Å². The summed E-state index contributed by atoms with van der Waals surface area (Å²) in [5.74, 6) is 7.42. The largest absolute Gasteiger partial charge is 0.381 e. The minimum absolute atomic E-state index is 0.0503. The number of aryl methyl sites for hydroxylation is 1. The molecule has 0 aliphatic rings. The molecule has 1 N–H and O–H groups in total. The van der Waals surface area contributed by atoms with Crippen molar-refractivity contribution < 1.29 is 13.5 Å². The Balaban J connectivity index is 3.04. The first kappa shape index (κ1) is 16.3. The van der Waals surface area contributed by atoms with Gasteiger partial charge in [0, 0.05) is 0 Å². The summed E-state index contributed by atoms with van der Waals surface area (Å²) in [6.45, 7) is 3.27. The third-order valence-electron chi connectivity index (χ3n) is 2.49. The molecule has 0 heterocycles. The van der Waals surface area contributed by atoms with E-state index in [-0.39, 0.29) is 18.0 Å². The van der Waals surface area contributed by atoms with Gasteiger partial charge in [0.2, 0.25) is 10.0 Å². The number of sulfonamides is 1. The number of rotatable bonds is 4. The van der Waals surface area contributed by atoms with Crippen LogP contribution in [-0.2, 0) is 10.0 Å². The van der Waals surface area contributed by atoms with E-state index in [1.807, 2.05) is 6.92 Å². The Labute approximate surface area is 120 Å². The monoisotopic (exact) mass is 291 g/mol. The van der Waals surface area contributed by atoms with Crippen molar-refractivity contribution in [1.82, 2.24) is 4.31 Å². The smallest absolute Gasteiger partial charge is 0.244 e. The van der Waals surface area contributed by atoms with E-state index in [0.29, 0.717) is 0 Å². The number of terminal acetylenes is 1. The van der Waals surface area contributed by atoms with Crippen LogP contribution in [0.2, 0.25) is 0 Å². The average molecular weight is 291 g/mol. The zero-order valence-electron chi connectivity index (χ0n) is 11.5. The summed E-state index contributed by atoms with van der Waals surface area (Å²) >= 11 is 0. The lowest BCUT2D eigenvalue weighted by molar-refractivity contribution is 0.253. The van der Waals surface area contributed by atoms with Crippen molar-refractivity contribution in [3.63, 3.8) is 0 Å². The van der Waals surface area contributed by atoms with E-state index in [0.717, 1.165) is 9.87 Å². The van der Waals surface area contributed by atoms with Crippen LogP contribution < -0.4 is 0 Å². The molecule has 4 nitrogen and oxygen atoms in total. The summed E-state index contributed by atoms with van der Waals surface area (Å²) in [6.07, 6.45) is 4.41.